The highest BCUT2D eigenvalue weighted by molar-refractivity contribution is 5.57. The van der Waals surface area contributed by atoms with Gasteiger partial charge in [0.05, 0.1) is 12.1 Å². The number of hydrogen-bond donors (Lipinski definition) is 1. The molecule has 0 saturated carbocycles. The summed E-state index contributed by atoms with van der Waals surface area (Å²) in [5.41, 5.74) is 4.18. The second kappa shape index (κ2) is 6.47. The van der Waals surface area contributed by atoms with Crippen LogP contribution in [0.4, 0.5) is 5.69 Å². The van der Waals surface area contributed by atoms with Crippen molar-refractivity contribution in [2.45, 2.75) is 37.5 Å². The van der Waals surface area contributed by atoms with Crippen molar-refractivity contribution in [2.75, 3.05) is 25.0 Å². The van der Waals surface area contributed by atoms with Crippen molar-refractivity contribution < 1.29 is 4.74 Å². The Kier molecular flexibility index (Phi) is 3.99. The Morgan fingerprint density at radius 1 is 1.00 bits per heavy atom. The molecular formula is C22H26N2O. The van der Waals surface area contributed by atoms with Gasteiger partial charge in [0.2, 0.25) is 0 Å². The quantitative estimate of drug-likeness (QED) is 0.900. The zero-order valence-electron chi connectivity index (χ0n) is 14.6. The summed E-state index contributed by atoms with van der Waals surface area (Å²) < 4.78 is 5.94. The topological polar surface area (TPSA) is 24.5 Å². The Balaban J connectivity index is 1.49. The van der Waals surface area contributed by atoms with Crippen LogP contribution in [0.3, 0.4) is 0 Å². The van der Waals surface area contributed by atoms with E-state index in [0.29, 0.717) is 24.1 Å². The lowest BCUT2D eigenvalue weighted by molar-refractivity contribution is 0.0636. The molecule has 5 rings (SSSR count). The Morgan fingerprint density at radius 3 is 2.68 bits per heavy atom. The summed E-state index contributed by atoms with van der Waals surface area (Å²) in [5, 5.41) is 3.84. The van der Waals surface area contributed by atoms with Gasteiger partial charge in [-0.3, -0.25) is 4.90 Å². The largest absolute Gasteiger partial charge is 0.378 e. The van der Waals surface area contributed by atoms with E-state index in [0.717, 1.165) is 13.2 Å². The molecule has 0 bridgehead atoms. The molecule has 25 heavy (non-hydrogen) atoms. The molecule has 130 valence electrons. The number of fused-ring (bicyclic) bond motifs is 3. The molecule has 2 aromatic rings. The Labute approximate surface area is 150 Å². The van der Waals surface area contributed by atoms with E-state index in [9.17, 15) is 0 Å². The standard InChI is InChI=1S/C22H26N2O/c1-2-7-16(8-3-1)21-19-12-13-24(15-17-9-6-14-25-17)22(19)18-10-4-5-11-20(18)23-21/h1-5,7-8,10-11,17,19,21-23H,6,9,12-15H2. The van der Waals surface area contributed by atoms with Crippen molar-refractivity contribution in [3.05, 3.63) is 65.7 Å². The lowest BCUT2D eigenvalue weighted by Crippen LogP contribution is -2.37. The number of benzene rings is 2. The van der Waals surface area contributed by atoms with E-state index in [-0.39, 0.29) is 0 Å². The molecular weight excluding hydrogens is 308 g/mol. The van der Waals surface area contributed by atoms with Crippen molar-refractivity contribution >= 4 is 5.69 Å². The normalized spacial score (nSPS) is 31.4. The summed E-state index contributed by atoms with van der Waals surface area (Å²) in [6.07, 6.45) is 4.11. The molecule has 3 aliphatic heterocycles. The van der Waals surface area contributed by atoms with Crippen LogP contribution in [0.15, 0.2) is 54.6 Å². The van der Waals surface area contributed by atoms with Crippen molar-refractivity contribution in [2.24, 2.45) is 5.92 Å². The average Bonchev–Trinajstić information content (AvgIpc) is 3.33. The highest BCUT2D eigenvalue weighted by Gasteiger charge is 2.44. The summed E-state index contributed by atoms with van der Waals surface area (Å²) in [6.45, 7) is 3.20. The summed E-state index contributed by atoms with van der Waals surface area (Å²) in [4.78, 5) is 2.69. The van der Waals surface area contributed by atoms with Crippen LogP contribution in [0.1, 0.15) is 42.5 Å². The maximum Gasteiger partial charge on any atom is 0.0703 e. The summed E-state index contributed by atoms with van der Waals surface area (Å²) in [7, 11) is 0. The van der Waals surface area contributed by atoms with Gasteiger partial charge in [-0.2, -0.15) is 0 Å². The van der Waals surface area contributed by atoms with E-state index < -0.39 is 0 Å². The molecule has 4 atom stereocenters. The number of nitrogens with one attached hydrogen (secondary N) is 1. The van der Waals surface area contributed by atoms with Crippen LogP contribution in [0.25, 0.3) is 0 Å². The molecule has 0 aliphatic carbocycles. The van der Waals surface area contributed by atoms with E-state index in [1.165, 1.54) is 42.6 Å². The number of anilines is 1. The minimum absolute atomic E-state index is 0.399. The molecule has 0 aromatic heterocycles. The minimum atomic E-state index is 0.399. The molecule has 0 radical (unpaired) electrons. The van der Waals surface area contributed by atoms with E-state index in [2.05, 4.69) is 64.8 Å². The SMILES string of the molecule is c1ccc(C2Nc3ccccc3C3C2CCN3CC2CCCO2)cc1. The van der Waals surface area contributed by atoms with Crippen LogP contribution < -0.4 is 5.32 Å². The van der Waals surface area contributed by atoms with Gasteiger partial charge in [0.25, 0.3) is 0 Å². The van der Waals surface area contributed by atoms with Crippen LogP contribution >= 0.6 is 0 Å². The van der Waals surface area contributed by atoms with E-state index in [1.807, 2.05) is 0 Å². The maximum atomic E-state index is 5.94. The first-order chi connectivity index (χ1) is 12.4. The van der Waals surface area contributed by atoms with Gasteiger partial charge in [-0.15, -0.1) is 0 Å². The first kappa shape index (κ1) is 15.4. The maximum absolute atomic E-state index is 5.94. The second-order valence-corrected chi connectivity index (χ2v) is 7.65. The number of hydrogen-bond acceptors (Lipinski definition) is 3. The van der Waals surface area contributed by atoms with Crippen molar-refractivity contribution in [1.82, 2.24) is 4.90 Å². The zero-order valence-corrected chi connectivity index (χ0v) is 14.6. The number of likely N-dealkylation sites (tertiary alicyclic amines) is 1. The van der Waals surface area contributed by atoms with Gasteiger partial charge < -0.3 is 10.1 Å². The molecule has 2 aromatic carbocycles. The highest BCUT2D eigenvalue weighted by atomic mass is 16.5. The molecule has 3 heterocycles. The molecule has 3 nitrogen and oxygen atoms in total. The molecule has 3 aliphatic rings. The fraction of sp³-hybridized carbons (Fsp3) is 0.455. The lowest BCUT2D eigenvalue weighted by atomic mass is 9.80. The smallest absolute Gasteiger partial charge is 0.0703 e. The first-order valence-electron chi connectivity index (χ1n) is 9.66. The molecule has 1 N–H and O–H groups in total. The number of rotatable bonds is 3. The van der Waals surface area contributed by atoms with Gasteiger partial charge >= 0.3 is 0 Å². The molecule has 0 spiro atoms. The van der Waals surface area contributed by atoms with Crippen molar-refractivity contribution in [1.29, 1.82) is 0 Å². The van der Waals surface area contributed by atoms with E-state index in [1.54, 1.807) is 0 Å². The average molecular weight is 334 g/mol. The van der Waals surface area contributed by atoms with Gasteiger partial charge in [-0.05, 0) is 43.0 Å². The predicted molar refractivity (Wildman–Crippen MR) is 101 cm³/mol. The third kappa shape index (κ3) is 2.76. The van der Waals surface area contributed by atoms with Crippen molar-refractivity contribution in [3.63, 3.8) is 0 Å². The van der Waals surface area contributed by atoms with Crippen LogP contribution in [-0.2, 0) is 4.74 Å². The molecule has 0 amide bonds. The molecule has 3 heteroatoms. The zero-order chi connectivity index (χ0) is 16.6. The fourth-order valence-electron chi connectivity index (χ4n) is 5.07. The summed E-state index contributed by atoms with van der Waals surface area (Å²) in [6, 6.07) is 20.8. The Morgan fingerprint density at radius 2 is 1.84 bits per heavy atom. The van der Waals surface area contributed by atoms with Crippen LogP contribution in [0, 0.1) is 5.92 Å². The van der Waals surface area contributed by atoms with Gasteiger partial charge in [-0.1, -0.05) is 48.5 Å². The third-order valence-electron chi connectivity index (χ3n) is 6.19. The summed E-state index contributed by atoms with van der Waals surface area (Å²) in [5.74, 6) is 0.624. The number of para-hydroxylation sites is 1. The summed E-state index contributed by atoms with van der Waals surface area (Å²) >= 11 is 0. The number of nitrogens with zero attached hydrogens (tertiary/aromatic N) is 1. The van der Waals surface area contributed by atoms with Gasteiger partial charge in [-0.25, -0.2) is 0 Å². The molecule has 4 unspecified atom stereocenters. The van der Waals surface area contributed by atoms with Gasteiger partial charge in [0.1, 0.15) is 0 Å². The second-order valence-electron chi connectivity index (χ2n) is 7.65. The van der Waals surface area contributed by atoms with Gasteiger partial charge in [0, 0.05) is 30.8 Å². The fourth-order valence-corrected chi connectivity index (χ4v) is 5.07. The Hall–Kier alpha value is -1.84. The predicted octanol–water partition coefficient (Wildman–Crippen LogP) is 4.40. The molecule has 2 fully saturated rings. The Bertz CT molecular complexity index is 726. The highest BCUT2D eigenvalue weighted by Crippen LogP contribution is 2.51. The van der Waals surface area contributed by atoms with Crippen LogP contribution in [0.5, 0.6) is 0 Å². The van der Waals surface area contributed by atoms with E-state index in [4.69, 9.17) is 4.74 Å². The minimum Gasteiger partial charge on any atom is -0.378 e. The van der Waals surface area contributed by atoms with Crippen LogP contribution in [0.2, 0.25) is 0 Å². The van der Waals surface area contributed by atoms with E-state index >= 15 is 0 Å². The van der Waals surface area contributed by atoms with Gasteiger partial charge in [0.15, 0.2) is 0 Å². The lowest BCUT2D eigenvalue weighted by Gasteiger charge is -2.40. The third-order valence-corrected chi connectivity index (χ3v) is 6.19. The molecule has 2 saturated heterocycles. The number of ether oxygens (including phenoxy) is 1. The van der Waals surface area contributed by atoms with Crippen LogP contribution in [-0.4, -0.2) is 30.7 Å². The first-order valence-corrected chi connectivity index (χ1v) is 9.66. The van der Waals surface area contributed by atoms with Crippen molar-refractivity contribution in [3.8, 4) is 0 Å². The monoisotopic (exact) mass is 334 g/mol.